The molecule has 1 atom stereocenters. The van der Waals surface area contributed by atoms with Crippen LogP contribution in [0, 0.1) is 0 Å². The van der Waals surface area contributed by atoms with Gasteiger partial charge in [-0.1, -0.05) is 34.1 Å². The van der Waals surface area contributed by atoms with E-state index < -0.39 is 11.4 Å². The van der Waals surface area contributed by atoms with Crippen LogP contribution in [0.5, 0.6) is 0 Å². The standard InChI is InChI=1S/C17H23BrO3/c1-5-16(2,3)21-11-7-10-17(4,15(19)20)13-8-6-9-14(18)12-13/h5-6,8-9,12H,1,7,10-11H2,2-4H3,(H,19,20). The average Bonchev–Trinajstić information content (AvgIpc) is 2.43. The fraction of sp³-hybridized carbons (Fsp3) is 0.471. The van der Waals surface area contributed by atoms with Gasteiger partial charge in [-0.25, -0.2) is 0 Å². The van der Waals surface area contributed by atoms with E-state index in [0.29, 0.717) is 19.4 Å². The lowest BCUT2D eigenvalue weighted by atomic mass is 9.78. The van der Waals surface area contributed by atoms with Gasteiger partial charge in [0, 0.05) is 11.1 Å². The van der Waals surface area contributed by atoms with Gasteiger partial charge in [-0.15, -0.1) is 6.58 Å². The molecule has 0 heterocycles. The highest BCUT2D eigenvalue weighted by molar-refractivity contribution is 9.10. The van der Waals surface area contributed by atoms with Crippen LogP contribution in [0.25, 0.3) is 0 Å². The van der Waals surface area contributed by atoms with Crippen molar-refractivity contribution in [1.82, 2.24) is 0 Å². The third kappa shape index (κ3) is 4.97. The SMILES string of the molecule is C=CC(C)(C)OCCCC(C)(C(=O)O)c1cccc(Br)c1. The Labute approximate surface area is 135 Å². The number of carboxylic acids is 1. The Morgan fingerprint density at radius 2 is 2.10 bits per heavy atom. The first-order valence-corrected chi connectivity index (χ1v) is 7.77. The molecule has 1 N–H and O–H groups in total. The quantitative estimate of drug-likeness (QED) is 0.550. The number of carboxylic acid groups (broad SMARTS) is 1. The van der Waals surface area contributed by atoms with Gasteiger partial charge in [0.1, 0.15) is 0 Å². The predicted octanol–water partition coefficient (Wildman–Crippen LogP) is 4.55. The number of hydrogen-bond acceptors (Lipinski definition) is 2. The van der Waals surface area contributed by atoms with E-state index in [2.05, 4.69) is 22.5 Å². The first kappa shape index (κ1) is 17.9. The molecule has 0 saturated heterocycles. The van der Waals surface area contributed by atoms with E-state index in [9.17, 15) is 9.90 Å². The highest BCUT2D eigenvalue weighted by atomic mass is 79.9. The van der Waals surface area contributed by atoms with Crippen molar-refractivity contribution in [1.29, 1.82) is 0 Å². The Bertz CT molecular complexity index is 511. The second-order valence-electron chi connectivity index (χ2n) is 5.91. The molecule has 1 aromatic rings. The lowest BCUT2D eigenvalue weighted by Crippen LogP contribution is -2.33. The summed E-state index contributed by atoms with van der Waals surface area (Å²) in [5.41, 5.74) is -0.492. The van der Waals surface area contributed by atoms with Gasteiger partial charge in [-0.05, 0) is 51.3 Å². The lowest BCUT2D eigenvalue weighted by molar-refractivity contribution is -0.143. The van der Waals surface area contributed by atoms with Crippen LogP contribution in [0.15, 0.2) is 41.4 Å². The number of ether oxygens (including phenoxy) is 1. The highest BCUT2D eigenvalue weighted by Gasteiger charge is 2.34. The maximum atomic E-state index is 11.7. The first-order chi connectivity index (χ1) is 9.71. The summed E-state index contributed by atoms with van der Waals surface area (Å²) in [5, 5.41) is 9.61. The maximum absolute atomic E-state index is 11.7. The molecule has 1 unspecified atom stereocenters. The molecular weight excluding hydrogens is 332 g/mol. The molecule has 1 rings (SSSR count). The van der Waals surface area contributed by atoms with Crippen LogP contribution in [0.1, 0.15) is 39.2 Å². The zero-order valence-electron chi connectivity index (χ0n) is 12.9. The van der Waals surface area contributed by atoms with Gasteiger partial charge in [-0.3, -0.25) is 4.79 Å². The van der Waals surface area contributed by atoms with E-state index in [1.54, 1.807) is 13.0 Å². The summed E-state index contributed by atoms with van der Waals surface area (Å²) in [4.78, 5) is 11.7. The topological polar surface area (TPSA) is 46.5 Å². The van der Waals surface area contributed by atoms with Crippen molar-refractivity contribution in [3.63, 3.8) is 0 Å². The monoisotopic (exact) mass is 354 g/mol. The normalized spacial score (nSPS) is 14.5. The van der Waals surface area contributed by atoms with E-state index in [-0.39, 0.29) is 5.60 Å². The van der Waals surface area contributed by atoms with Crippen LogP contribution in [0.2, 0.25) is 0 Å². The zero-order chi connectivity index (χ0) is 16.1. The second-order valence-corrected chi connectivity index (χ2v) is 6.82. The molecule has 0 aliphatic carbocycles. The summed E-state index contributed by atoms with van der Waals surface area (Å²) in [6.45, 7) is 9.86. The summed E-state index contributed by atoms with van der Waals surface area (Å²) in [5.74, 6) is -0.816. The van der Waals surface area contributed by atoms with Crippen molar-refractivity contribution in [3.05, 3.63) is 47.0 Å². The summed E-state index contributed by atoms with van der Waals surface area (Å²) >= 11 is 3.39. The minimum Gasteiger partial charge on any atom is -0.481 e. The van der Waals surface area contributed by atoms with E-state index in [1.165, 1.54) is 0 Å². The molecule has 3 nitrogen and oxygen atoms in total. The summed E-state index contributed by atoms with van der Waals surface area (Å²) < 4.78 is 6.58. The lowest BCUT2D eigenvalue weighted by Gasteiger charge is -2.27. The zero-order valence-corrected chi connectivity index (χ0v) is 14.4. The third-order valence-electron chi connectivity index (χ3n) is 3.72. The number of carbonyl (C=O) groups is 1. The van der Waals surface area contributed by atoms with Crippen LogP contribution < -0.4 is 0 Å². The molecule has 21 heavy (non-hydrogen) atoms. The Morgan fingerprint density at radius 1 is 1.43 bits per heavy atom. The molecule has 0 aliphatic rings. The summed E-state index contributed by atoms with van der Waals surface area (Å²) in [7, 11) is 0. The van der Waals surface area contributed by atoms with Crippen LogP contribution in [-0.4, -0.2) is 23.3 Å². The first-order valence-electron chi connectivity index (χ1n) is 6.98. The largest absolute Gasteiger partial charge is 0.481 e. The van der Waals surface area contributed by atoms with Gasteiger partial charge in [0.2, 0.25) is 0 Å². The van der Waals surface area contributed by atoms with Crippen molar-refractivity contribution in [2.75, 3.05) is 6.61 Å². The highest BCUT2D eigenvalue weighted by Crippen LogP contribution is 2.31. The van der Waals surface area contributed by atoms with Crippen LogP contribution >= 0.6 is 15.9 Å². The summed E-state index contributed by atoms with van der Waals surface area (Å²) in [6.07, 6.45) is 2.94. The van der Waals surface area contributed by atoms with Crippen molar-refractivity contribution < 1.29 is 14.6 Å². The molecule has 1 aromatic carbocycles. The second kappa shape index (κ2) is 7.23. The van der Waals surface area contributed by atoms with Crippen LogP contribution in [0.3, 0.4) is 0 Å². The molecule has 0 spiro atoms. The smallest absolute Gasteiger partial charge is 0.313 e. The van der Waals surface area contributed by atoms with Gasteiger partial charge in [0.25, 0.3) is 0 Å². The number of halogens is 1. The molecule has 0 amide bonds. The van der Waals surface area contributed by atoms with E-state index >= 15 is 0 Å². The van der Waals surface area contributed by atoms with E-state index in [1.807, 2.05) is 38.1 Å². The third-order valence-corrected chi connectivity index (χ3v) is 4.21. The molecular formula is C17H23BrO3. The van der Waals surface area contributed by atoms with Crippen molar-refractivity contribution >= 4 is 21.9 Å². The Kier molecular flexibility index (Phi) is 6.17. The summed E-state index contributed by atoms with van der Waals surface area (Å²) in [6, 6.07) is 7.47. The minimum atomic E-state index is -0.911. The van der Waals surface area contributed by atoms with Crippen LogP contribution in [-0.2, 0) is 14.9 Å². The van der Waals surface area contributed by atoms with Gasteiger partial charge in [-0.2, -0.15) is 0 Å². The minimum absolute atomic E-state index is 0.380. The Balaban J connectivity index is 2.74. The Hall–Kier alpha value is -1.13. The van der Waals surface area contributed by atoms with Gasteiger partial charge in [0.05, 0.1) is 11.0 Å². The molecule has 0 aromatic heterocycles. The maximum Gasteiger partial charge on any atom is 0.313 e. The van der Waals surface area contributed by atoms with Gasteiger partial charge >= 0.3 is 5.97 Å². The van der Waals surface area contributed by atoms with Crippen molar-refractivity contribution in [2.24, 2.45) is 0 Å². The molecule has 0 aliphatic heterocycles. The molecule has 0 radical (unpaired) electrons. The van der Waals surface area contributed by atoms with Crippen molar-refractivity contribution in [2.45, 2.75) is 44.6 Å². The Morgan fingerprint density at radius 3 is 2.62 bits per heavy atom. The average molecular weight is 355 g/mol. The molecule has 4 heteroatoms. The van der Waals surface area contributed by atoms with E-state index in [0.717, 1.165) is 10.0 Å². The van der Waals surface area contributed by atoms with Gasteiger partial charge in [0.15, 0.2) is 0 Å². The van der Waals surface area contributed by atoms with Gasteiger partial charge < -0.3 is 9.84 Å². The fourth-order valence-corrected chi connectivity index (χ4v) is 2.43. The number of rotatable bonds is 8. The number of aliphatic carboxylic acids is 1. The van der Waals surface area contributed by atoms with Crippen molar-refractivity contribution in [3.8, 4) is 0 Å². The van der Waals surface area contributed by atoms with E-state index in [4.69, 9.17) is 4.74 Å². The fourth-order valence-electron chi connectivity index (χ4n) is 2.03. The molecule has 0 fully saturated rings. The molecule has 0 saturated carbocycles. The predicted molar refractivity (Wildman–Crippen MR) is 88.6 cm³/mol. The number of hydrogen-bond donors (Lipinski definition) is 1. The molecule has 116 valence electrons. The molecule has 0 bridgehead atoms. The van der Waals surface area contributed by atoms with Crippen LogP contribution in [0.4, 0.5) is 0 Å². The number of benzene rings is 1.